The van der Waals surface area contributed by atoms with Crippen LogP contribution in [0, 0.1) is 0 Å². The van der Waals surface area contributed by atoms with E-state index in [1.54, 1.807) is 12.1 Å². The number of benzene rings is 1. The van der Waals surface area contributed by atoms with Crippen LogP contribution in [0.2, 0.25) is 0 Å². The fourth-order valence-electron chi connectivity index (χ4n) is 1.73. The predicted octanol–water partition coefficient (Wildman–Crippen LogP) is 2.57. The first kappa shape index (κ1) is 16.3. The maximum absolute atomic E-state index is 11.4. The molecule has 1 amide bonds. The molecule has 1 unspecified atom stereocenters. The second-order valence-electron chi connectivity index (χ2n) is 5.66. The normalized spacial score (nSPS) is 12.8. The molecule has 0 spiro atoms. The number of phenols is 1. The predicted molar refractivity (Wildman–Crippen MR) is 78.8 cm³/mol. The molecule has 0 heterocycles. The Morgan fingerprint density at radius 2 is 1.95 bits per heavy atom. The van der Waals surface area contributed by atoms with Crippen LogP contribution < -0.4 is 10.6 Å². The minimum absolute atomic E-state index is 0.0108. The van der Waals surface area contributed by atoms with Crippen molar-refractivity contribution in [2.75, 3.05) is 13.1 Å². The van der Waals surface area contributed by atoms with E-state index in [1.807, 2.05) is 39.8 Å². The quantitative estimate of drug-likeness (QED) is 0.725. The van der Waals surface area contributed by atoms with Gasteiger partial charge in [0.2, 0.25) is 0 Å². The number of alkyl carbamates (subject to hydrolysis) is 1. The van der Waals surface area contributed by atoms with Gasteiger partial charge in [0.25, 0.3) is 0 Å². The number of ether oxygens (including phenoxy) is 1. The minimum Gasteiger partial charge on any atom is -0.508 e. The number of rotatable bonds is 5. The maximum atomic E-state index is 11.4. The van der Waals surface area contributed by atoms with Crippen molar-refractivity contribution in [3.63, 3.8) is 0 Å². The van der Waals surface area contributed by atoms with Crippen LogP contribution in [0.3, 0.4) is 0 Å². The third-order valence-corrected chi connectivity index (χ3v) is 2.65. The van der Waals surface area contributed by atoms with Crippen LogP contribution in [-0.2, 0) is 4.74 Å². The fourth-order valence-corrected chi connectivity index (χ4v) is 1.73. The molecule has 0 aliphatic heterocycles. The molecule has 0 fully saturated rings. The molecule has 1 atom stereocenters. The zero-order valence-electron chi connectivity index (χ0n) is 12.6. The van der Waals surface area contributed by atoms with Crippen molar-refractivity contribution in [3.8, 4) is 5.75 Å². The fraction of sp³-hybridized carbons (Fsp3) is 0.533. The van der Waals surface area contributed by atoms with Crippen LogP contribution in [-0.4, -0.2) is 29.9 Å². The first-order chi connectivity index (χ1) is 9.29. The van der Waals surface area contributed by atoms with E-state index in [4.69, 9.17) is 4.74 Å². The second-order valence-corrected chi connectivity index (χ2v) is 5.66. The number of carbonyl (C=O) groups is 1. The molecule has 5 nitrogen and oxygen atoms in total. The highest BCUT2D eigenvalue weighted by atomic mass is 16.6. The van der Waals surface area contributed by atoms with Gasteiger partial charge in [-0.05, 0) is 33.8 Å². The lowest BCUT2D eigenvalue weighted by atomic mass is 10.1. The first-order valence-corrected chi connectivity index (χ1v) is 6.78. The summed E-state index contributed by atoms with van der Waals surface area (Å²) in [6, 6.07) is 7.21. The van der Waals surface area contributed by atoms with Gasteiger partial charge in [0.15, 0.2) is 0 Å². The number of phenolic OH excluding ortho intramolecular Hbond substituents is 1. The van der Waals surface area contributed by atoms with E-state index in [0.717, 1.165) is 5.56 Å². The number of para-hydroxylation sites is 1. The van der Waals surface area contributed by atoms with Crippen LogP contribution in [0.5, 0.6) is 5.75 Å². The Hall–Kier alpha value is -1.75. The summed E-state index contributed by atoms with van der Waals surface area (Å²) >= 11 is 0. The van der Waals surface area contributed by atoms with E-state index < -0.39 is 11.7 Å². The summed E-state index contributed by atoms with van der Waals surface area (Å²) in [5.41, 5.74) is 0.352. The van der Waals surface area contributed by atoms with Crippen LogP contribution in [0.1, 0.15) is 39.3 Å². The lowest BCUT2D eigenvalue weighted by Gasteiger charge is -2.20. The van der Waals surface area contributed by atoms with Gasteiger partial charge in [-0.15, -0.1) is 0 Å². The Kier molecular flexibility index (Phi) is 5.82. The number of nitrogens with one attached hydrogen (secondary N) is 2. The van der Waals surface area contributed by atoms with E-state index in [-0.39, 0.29) is 11.8 Å². The summed E-state index contributed by atoms with van der Waals surface area (Å²) in [5, 5.41) is 15.6. The average molecular weight is 280 g/mol. The van der Waals surface area contributed by atoms with Crippen LogP contribution >= 0.6 is 0 Å². The zero-order valence-corrected chi connectivity index (χ0v) is 12.6. The molecule has 3 N–H and O–H groups in total. The highest BCUT2D eigenvalue weighted by Gasteiger charge is 2.15. The van der Waals surface area contributed by atoms with Gasteiger partial charge in [0.1, 0.15) is 11.4 Å². The van der Waals surface area contributed by atoms with E-state index in [1.165, 1.54) is 0 Å². The summed E-state index contributed by atoms with van der Waals surface area (Å²) in [6.45, 7) is 8.49. The molecule has 20 heavy (non-hydrogen) atoms. The molecule has 1 rings (SSSR count). The van der Waals surface area contributed by atoms with Crippen molar-refractivity contribution in [2.24, 2.45) is 0 Å². The molecular weight excluding hydrogens is 256 g/mol. The van der Waals surface area contributed by atoms with E-state index >= 15 is 0 Å². The van der Waals surface area contributed by atoms with Crippen molar-refractivity contribution < 1.29 is 14.6 Å². The summed E-state index contributed by atoms with van der Waals surface area (Å²) in [7, 11) is 0. The maximum Gasteiger partial charge on any atom is 0.407 e. The smallest absolute Gasteiger partial charge is 0.407 e. The minimum atomic E-state index is -0.485. The summed E-state index contributed by atoms with van der Waals surface area (Å²) in [4.78, 5) is 11.4. The van der Waals surface area contributed by atoms with Gasteiger partial charge in [-0.25, -0.2) is 4.79 Å². The second kappa shape index (κ2) is 7.14. The van der Waals surface area contributed by atoms with Crippen molar-refractivity contribution in [2.45, 2.75) is 39.3 Å². The van der Waals surface area contributed by atoms with Crippen molar-refractivity contribution in [3.05, 3.63) is 29.8 Å². The Morgan fingerprint density at radius 3 is 2.55 bits per heavy atom. The summed E-state index contributed by atoms with van der Waals surface area (Å²) in [5.74, 6) is 0.271. The summed E-state index contributed by atoms with van der Waals surface area (Å²) < 4.78 is 5.13. The van der Waals surface area contributed by atoms with Crippen molar-refractivity contribution in [1.82, 2.24) is 10.6 Å². The van der Waals surface area contributed by atoms with Gasteiger partial charge in [-0.2, -0.15) is 0 Å². The Morgan fingerprint density at radius 1 is 1.30 bits per heavy atom. The number of hydrogen-bond donors (Lipinski definition) is 3. The van der Waals surface area contributed by atoms with Crippen LogP contribution in [0.25, 0.3) is 0 Å². The molecule has 1 aromatic carbocycles. The van der Waals surface area contributed by atoms with Gasteiger partial charge in [0.05, 0.1) is 0 Å². The van der Waals surface area contributed by atoms with Crippen molar-refractivity contribution >= 4 is 6.09 Å². The Bertz CT molecular complexity index is 441. The zero-order chi connectivity index (χ0) is 15.2. The van der Waals surface area contributed by atoms with Gasteiger partial charge in [-0.1, -0.05) is 18.2 Å². The van der Waals surface area contributed by atoms with E-state index in [9.17, 15) is 9.90 Å². The molecule has 0 radical (unpaired) electrons. The molecule has 0 aliphatic carbocycles. The SMILES string of the molecule is CC(NCCNC(=O)OC(C)(C)C)c1ccccc1O. The van der Waals surface area contributed by atoms with E-state index in [0.29, 0.717) is 13.1 Å². The topological polar surface area (TPSA) is 70.6 Å². The Balaban J connectivity index is 2.28. The van der Waals surface area contributed by atoms with Crippen LogP contribution in [0.4, 0.5) is 4.79 Å². The lowest BCUT2D eigenvalue weighted by molar-refractivity contribution is 0.0528. The molecule has 0 saturated heterocycles. The molecule has 112 valence electrons. The molecule has 0 bridgehead atoms. The summed E-state index contributed by atoms with van der Waals surface area (Å²) in [6.07, 6.45) is -0.422. The average Bonchev–Trinajstić information content (AvgIpc) is 2.33. The van der Waals surface area contributed by atoms with Gasteiger partial charge < -0.3 is 20.5 Å². The standard InChI is InChI=1S/C15H24N2O3/c1-11(12-7-5-6-8-13(12)18)16-9-10-17-14(19)20-15(2,3)4/h5-8,11,16,18H,9-10H2,1-4H3,(H,17,19). The van der Waals surface area contributed by atoms with Gasteiger partial charge in [0, 0.05) is 24.7 Å². The number of aromatic hydroxyl groups is 1. The number of hydrogen-bond acceptors (Lipinski definition) is 4. The molecule has 0 aliphatic rings. The largest absolute Gasteiger partial charge is 0.508 e. The first-order valence-electron chi connectivity index (χ1n) is 6.78. The van der Waals surface area contributed by atoms with Crippen molar-refractivity contribution in [1.29, 1.82) is 0 Å². The monoisotopic (exact) mass is 280 g/mol. The van der Waals surface area contributed by atoms with Gasteiger partial charge >= 0.3 is 6.09 Å². The number of carbonyl (C=O) groups excluding carboxylic acids is 1. The number of amides is 1. The third kappa shape index (κ3) is 5.93. The lowest BCUT2D eigenvalue weighted by Crippen LogP contribution is -2.36. The Labute approximate surface area is 120 Å². The van der Waals surface area contributed by atoms with E-state index in [2.05, 4.69) is 10.6 Å². The van der Waals surface area contributed by atoms with Crippen LogP contribution in [0.15, 0.2) is 24.3 Å². The molecule has 1 aromatic rings. The molecule has 5 heteroatoms. The molecular formula is C15H24N2O3. The molecule has 0 aromatic heterocycles. The third-order valence-electron chi connectivity index (χ3n) is 2.65. The highest BCUT2D eigenvalue weighted by molar-refractivity contribution is 5.67. The van der Waals surface area contributed by atoms with Gasteiger partial charge in [-0.3, -0.25) is 0 Å². The highest BCUT2D eigenvalue weighted by Crippen LogP contribution is 2.22. The molecule has 0 saturated carbocycles.